The molecule has 1 N–H and O–H groups in total. The Kier molecular flexibility index (Phi) is 2.95. The van der Waals surface area contributed by atoms with Crippen molar-refractivity contribution in [1.82, 2.24) is 4.72 Å². The molecule has 1 aromatic rings. The summed E-state index contributed by atoms with van der Waals surface area (Å²) in [6.07, 6.45) is 3.06. The smallest absolute Gasteiger partial charge is 0.207 e. The number of nitrogens with one attached hydrogen (secondary N) is 1. The zero-order chi connectivity index (χ0) is 11.6. The standard InChI is InChI=1S/C11H12N2O2S/c12-6-7-13-16(14,15)11-5-4-9-2-1-3-10(9)8-11/h4-5,8,13H,1-3,7H2. The highest BCUT2D eigenvalue weighted by Gasteiger charge is 2.17. The number of rotatable bonds is 3. The van der Waals surface area contributed by atoms with Gasteiger partial charge in [-0.25, -0.2) is 8.42 Å². The van der Waals surface area contributed by atoms with Gasteiger partial charge in [0, 0.05) is 0 Å². The summed E-state index contributed by atoms with van der Waals surface area (Å²) in [7, 11) is -3.52. The van der Waals surface area contributed by atoms with E-state index >= 15 is 0 Å². The van der Waals surface area contributed by atoms with Crippen LogP contribution < -0.4 is 4.72 Å². The summed E-state index contributed by atoms with van der Waals surface area (Å²) in [6.45, 7) is -0.195. The molecule has 5 heteroatoms. The highest BCUT2D eigenvalue weighted by molar-refractivity contribution is 7.89. The van der Waals surface area contributed by atoms with Gasteiger partial charge >= 0.3 is 0 Å². The van der Waals surface area contributed by atoms with Crippen molar-refractivity contribution in [2.45, 2.75) is 24.2 Å². The Hall–Kier alpha value is -1.38. The molecule has 1 aliphatic carbocycles. The summed E-state index contributed by atoms with van der Waals surface area (Å²) < 4.78 is 25.7. The molecule has 1 aromatic carbocycles. The van der Waals surface area contributed by atoms with E-state index in [9.17, 15) is 8.42 Å². The fourth-order valence-electron chi connectivity index (χ4n) is 1.93. The van der Waals surface area contributed by atoms with Crippen LogP contribution in [-0.2, 0) is 22.9 Å². The summed E-state index contributed by atoms with van der Waals surface area (Å²) >= 11 is 0. The van der Waals surface area contributed by atoms with E-state index in [0.29, 0.717) is 0 Å². The lowest BCUT2D eigenvalue weighted by Gasteiger charge is -2.05. The number of fused-ring (bicyclic) bond motifs is 1. The Morgan fingerprint density at radius 1 is 1.31 bits per heavy atom. The molecule has 84 valence electrons. The molecule has 2 rings (SSSR count). The van der Waals surface area contributed by atoms with Gasteiger partial charge < -0.3 is 0 Å². The van der Waals surface area contributed by atoms with Crippen molar-refractivity contribution in [3.63, 3.8) is 0 Å². The molecule has 0 aromatic heterocycles. The van der Waals surface area contributed by atoms with Gasteiger partial charge in [0.1, 0.15) is 0 Å². The summed E-state index contributed by atoms with van der Waals surface area (Å²) in [6, 6.07) is 6.93. The second-order valence-electron chi connectivity index (χ2n) is 3.77. The fourth-order valence-corrected chi connectivity index (χ4v) is 2.89. The number of hydrogen-bond acceptors (Lipinski definition) is 3. The van der Waals surface area contributed by atoms with Crippen LogP contribution in [0.15, 0.2) is 23.1 Å². The Bertz CT molecular complexity index is 544. The molecular formula is C11H12N2O2S. The average molecular weight is 236 g/mol. The van der Waals surface area contributed by atoms with E-state index in [4.69, 9.17) is 5.26 Å². The summed E-state index contributed by atoms with van der Waals surface area (Å²) in [4.78, 5) is 0.253. The first-order valence-corrected chi connectivity index (χ1v) is 6.60. The Balaban J connectivity index is 2.32. The maximum absolute atomic E-state index is 11.7. The van der Waals surface area contributed by atoms with Gasteiger partial charge in [0.2, 0.25) is 10.0 Å². The van der Waals surface area contributed by atoms with E-state index in [1.807, 2.05) is 6.07 Å². The lowest BCUT2D eigenvalue weighted by atomic mass is 10.1. The number of nitrogens with zero attached hydrogens (tertiary/aromatic N) is 1. The average Bonchev–Trinajstić information content (AvgIpc) is 2.73. The van der Waals surface area contributed by atoms with E-state index in [1.165, 1.54) is 5.56 Å². The van der Waals surface area contributed by atoms with Gasteiger partial charge in [0.25, 0.3) is 0 Å². The molecular weight excluding hydrogens is 224 g/mol. The van der Waals surface area contributed by atoms with Crippen molar-refractivity contribution in [2.75, 3.05) is 6.54 Å². The Labute approximate surface area is 95.0 Å². The normalized spacial score (nSPS) is 14.4. The molecule has 0 unspecified atom stereocenters. The van der Waals surface area contributed by atoms with Crippen LogP contribution in [0.2, 0.25) is 0 Å². The van der Waals surface area contributed by atoms with Crippen LogP contribution in [-0.4, -0.2) is 15.0 Å². The second kappa shape index (κ2) is 4.24. The summed E-state index contributed by atoms with van der Waals surface area (Å²) in [5.41, 5.74) is 2.35. The second-order valence-corrected chi connectivity index (χ2v) is 5.53. The predicted molar refractivity (Wildman–Crippen MR) is 59.3 cm³/mol. The van der Waals surface area contributed by atoms with Crippen molar-refractivity contribution < 1.29 is 8.42 Å². The highest BCUT2D eigenvalue weighted by Crippen LogP contribution is 2.24. The van der Waals surface area contributed by atoms with Crippen molar-refractivity contribution in [3.8, 4) is 6.07 Å². The molecule has 0 saturated carbocycles. The minimum absolute atomic E-state index is 0.195. The zero-order valence-corrected chi connectivity index (χ0v) is 9.55. The predicted octanol–water partition coefficient (Wildman–Crippen LogP) is 0.977. The molecule has 0 heterocycles. The molecule has 1 aliphatic rings. The van der Waals surface area contributed by atoms with Gasteiger partial charge in [-0.3, -0.25) is 0 Å². The third kappa shape index (κ3) is 2.08. The molecule has 0 saturated heterocycles. The number of sulfonamides is 1. The Morgan fingerprint density at radius 2 is 2.06 bits per heavy atom. The minimum atomic E-state index is -3.52. The van der Waals surface area contributed by atoms with Gasteiger partial charge in [-0.1, -0.05) is 6.07 Å². The molecule has 0 radical (unpaired) electrons. The first kappa shape index (κ1) is 11.1. The van der Waals surface area contributed by atoms with E-state index in [0.717, 1.165) is 24.8 Å². The summed E-state index contributed by atoms with van der Waals surface area (Å²) in [5, 5.41) is 8.35. The third-order valence-electron chi connectivity index (χ3n) is 2.72. The highest BCUT2D eigenvalue weighted by atomic mass is 32.2. The van der Waals surface area contributed by atoms with E-state index < -0.39 is 10.0 Å². The fraction of sp³-hybridized carbons (Fsp3) is 0.364. The van der Waals surface area contributed by atoms with E-state index in [1.54, 1.807) is 18.2 Å². The first-order chi connectivity index (χ1) is 7.63. The SMILES string of the molecule is N#CCNS(=O)(=O)c1ccc2c(c1)CCC2. The van der Waals surface area contributed by atoms with Crippen LogP contribution >= 0.6 is 0 Å². The Morgan fingerprint density at radius 3 is 2.81 bits per heavy atom. The van der Waals surface area contributed by atoms with Crippen LogP contribution in [0.3, 0.4) is 0 Å². The molecule has 0 atom stereocenters. The topological polar surface area (TPSA) is 70.0 Å². The van der Waals surface area contributed by atoms with Crippen molar-refractivity contribution in [3.05, 3.63) is 29.3 Å². The molecule has 4 nitrogen and oxygen atoms in total. The van der Waals surface area contributed by atoms with E-state index in [-0.39, 0.29) is 11.4 Å². The van der Waals surface area contributed by atoms with Gasteiger partial charge in [-0.05, 0) is 42.5 Å². The molecule has 0 spiro atoms. The largest absolute Gasteiger partial charge is 0.241 e. The number of hydrogen-bond donors (Lipinski definition) is 1. The van der Waals surface area contributed by atoms with Gasteiger partial charge in [-0.15, -0.1) is 0 Å². The minimum Gasteiger partial charge on any atom is -0.207 e. The van der Waals surface area contributed by atoms with Crippen LogP contribution in [0, 0.1) is 11.3 Å². The quantitative estimate of drug-likeness (QED) is 0.795. The lowest BCUT2D eigenvalue weighted by molar-refractivity contribution is 0.586. The van der Waals surface area contributed by atoms with Gasteiger partial charge in [0.05, 0.1) is 17.5 Å². The monoisotopic (exact) mass is 236 g/mol. The van der Waals surface area contributed by atoms with Crippen molar-refractivity contribution in [2.24, 2.45) is 0 Å². The van der Waals surface area contributed by atoms with Gasteiger partial charge in [0.15, 0.2) is 0 Å². The summed E-state index contributed by atoms with van der Waals surface area (Å²) in [5.74, 6) is 0. The van der Waals surface area contributed by atoms with Crippen LogP contribution in [0.5, 0.6) is 0 Å². The third-order valence-corrected chi connectivity index (χ3v) is 4.12. The maximum Gasteiger partial charge on any atom is 0.241 e. The molecule has 16 heavy (non-hydrogen) atoms. The molecule has 0 bridgehead atoms. The van der Waals surface area contributed by atoms with Gasteiger partial charge in [-0.2, -0.15) is 9.98 Å². The molecule has 0 aliphatic heterocycles. The number of benzene rings is 1. The number of aryl methyl sites for hydroxylation is 2. The van der Waals surface area contributed by atoms with Crippen LogP contribution in [0.1, 0.15) is 17.5 Å². The first-order valence-electron chi connectivity index (χ1n) is 5.12. The van der Waals surface area contributed by atoms with Crippen molar-refractivity contribution in [1.29, 1.82) is 5.26 Å². The van der Waals surface area contributed by atoms with Crippen molar-refractivity contribution >= 4 is 10.0 Å². The molecule has 0 amide bonds. The maximum atomic E-state index is 11.7. The molecule has 0 fully saturated rings. The van der Waals surface area contributed by atoms with E-state index in [2.05, 4.69) is 4.72 Å². The zero-order valence-electron chi connectivity index (χ0n) is 8.73. The van der Waals surface area contributed by atoms with Crippen LogP contribution in [0.4, 0.5) is 0 Å². The van der Waals surface area contributed by atoms with Crippen LogP contribution in [0.25, 0.3) is 0 Å². The lowest BCUT2D eigenvalue weighted by Crippen LogP contribution is -2.24. The number of nitriles is 1.